The summed E-state index contributed by atoms with van der Waals surface area (Å²) >= 11 is 1.73. The van der Waals surface area contributed by atoms with E-state index in [-0.39, 0.29) is 0 Å². The first kappa shape index (κ1) is 14.0. The van der Waals surface area contributed by atoms with Gasteiger partial charge < -0.3 is 10.1 Å². The quantitative estimate of drug-likeness (QED) is 0.877. The van der Waals surface area contributed by atoms with Crippen molar-refractivity contribution < 1.29 is 4.74 Å². The Labute approximate surface area is 118 Å². The van der Waals surface area contributed by atoms with Gasteiger partial charge in [-0.2, -0.15) is 0 Å². The second-order valence-corrected chi connectivity index (χ2v) is 5.62. The van der Waals surface area contributed by atoms with Crippen LogP contribution in [0.2, 0.25) is 0 Å². The van der Waals surface area contributed by atoms with Crippen molar-refractivity contribution in [3.63, 3.8) is 0 Å². The van der Waals surface area contributed by atoms with E-state index in [4.69, 9.17) is 4.74 Å². The van der Waals surface area contributed by atoms with Gasteiger partial charge in [0.1, 0.15) is 17.4 Å². The highest BCUT2D eigenvalue weighted by Crippen LogP contribution is 2.22. The molecule has 1 heterocycles. The third-order valence-electron chi connectivity index (χ3n) is 2.92. The van der Waals surface area contributed by atoms with E-state index in [2.05, 4.69) is 37.1 Å². The van der Waals surface area contributed by atoms with Gasteiger partial charge in [-0.05, 0) is 32.0 Å². The molecule has 0 spiro atoms. The van der Waals surface area contributed by atoms with Crippen molar-refractivity contribution in [1.82, 2.24) is 10.3 Å². The largest absolute Gasteiger partial charge is 0.486 e. The molecule has 3 nitrogen and oxygen atoms in total. The fourth-order valence-corrected chi connectivity index (χ4v) is 2.76. The highest BCUT2D eigenvalue weighted by Gasteiger charge is 2.08. The molecule has 4 heteroatoms. The number of para-hydroxylation sites is 1. The lowest BCUT2D eigenvalue weighted by atomic mass is 10.2. The summed E-state index contributed by atoms with van der Waals surface area (Å²) in [4.78, 5) is 5.86. The Morgan fingerprint density at radius 1 is 1.26 bits per heavy atom. The van der Waals surface area contributed by atoms with Crippen LogP contribution in [0.25, 0.3) is 0 Å². The van der Waals surface area contributed by atoms with E-state index in [9.17, 15) is 0 Å². The van der Waals surface area contributed by atoms with Crippen molar-refractivity contribution in [2.24, 2.45) is 0 Å². The van der Waals surface area contributed by atoms with Gasteiger partial charge in [0.15, 0.2) is 0 Å². The molecule has 0 atom stereocenters. The molecule has 19 heavy (non-hydrogen) atoms. The van der Waals surface area contributed by atoms with Crippen LogP contribution in [0.1, 0.15) is 28.1 Å². The number of thiazole rings is 1. The summed E-state index contributed by atoms with van der Waals surface area (Å²) in [5.74, 6) is 0.934. The second-order valence-electron chi connectivity index (χ2n) is 4.45. The first-order valence-electron chi connectivity index (χ1n) is 6.55. The van der Waals surface area contributed by atoms with Crippen molar-refractivity contribution in [3.05, 3.63) is 45.4 Å². The fraction of sp³-hybridized carbons (Fsp3) is 0.400. The van der Waals surface area contributed by atoms with E-state index in [0.717, 1.165) is 35.1 Å². The average molecular weight is 276 g/mol. The third kappa shape index (κ3) is 3.78. The fourth-order valence-electron chi connectivity index (χ4n) is 1.81. The van der Waals surface area contributed by atoms with Crippen LogP contribution in [0.3, 0.4) is 0 Å². The zero-order valence-corrected chi connectivity index (χ0v) is 12.5. The van der Waals surface area contributed by atoms with Gasteiger partial charge in [0.05, 0.1) is 5.69 Å². The molecule has 0 bridgehead atoms. The van der Waals surface area contributed by atoms with Crippen LogP contribution < -0.4 is 10.1 Å². The normalized spacial score (nSPS) is 10.7. The molecule has 0 unspecified atom stereocenters. The number of aromatic nitrogens is 1. The third-order valence-corrected chi connectivity index (χ3v) is 4.05. The molecular formula is C15H20N2OS. The van der Waals surface area contributed by atoms with Gasteiger partial charge in [-0.15, -0.1) is 11.3 Å². The minimum Gasteiger partial charge on any atom is -0.486 e. The Kier molecular flexibility index (Phi) is 4.93. The van der Waals surface area contributed by atoms with Crippen LogP contribution in [0.4, 0.5) is 0 Å². The number of aryl methyl sites for hydroxylation is 2. The van der Waals surface area contributed by atoms with E-state index in [1.165, 1.54) is 4.88 Å². The highest BCUT2D eigenvalue weighted by molar-refractivity contribution is 7.11. The van der Waals surface area contributed by atoms with Gasteiger partial charge in [-0.3, -0.25) is 0 Å². The number of nitrogens with one attached hydrogen (secondary N) is 1. The molecule has 1 N–H and O–H groups in total. The topological polar surface area (TPSA) is 34.1 Å². The molecule has 0 radical (unpaired) electrons. The maximum absolute atomic E-state index is 5.82. The van der Waals surface area contributed by atoms with Crippen LogP contribution in [0.15, 0.2) is 24.3 Å². The molecule has 2 rings (SSSR count). The molecule has 0 amide bonds. The van der Waals surface area contributed by atoms with Gasteiger partial charge in [0.25, 0.3) is 0 Å². The first-order valence-corrected chi connectivity index (χ1v) is 7.36. The zero-order valence-electron chi connectivity index (χ0n) is 11.7. The molecule has 1 aromatic carbocycles. The maximum atomic E-state index is 5.82. The number of benzene rings is 1. The lowest BCUT2D eigenvalue weighted by molar-refractivity contribution is 0.303. The van der Waals surface area contributed by atoms with Gasteiger partial charge in [0.2, 0.25) is 0 Å². The predicted octanol–water partition coefficient (Wildman–Crippen LogP) is 3.45. The smallest absolute Gasteiger partial charge is 0.140 e. The summed E-state index contributed by atoms with van der Waals surface area (Å²) < 4.78 is 5.82. The molecule has 102 valence electrons. The van der Waals surface area contributed by atoms with Crippen LogP contribution in [0, 0.1) is 13.8 Å². The Hall–Kier alpha value is -1.39. The number of rotatable bonds is 6. The summed E-state index contributed by atoms with van der Waals surface area (Å²) in [5.41, 5.74) is 2.26. The van der Waals surface area contributed by atoms with Gasteiger partial charge >= 0.3 is 0 Å². The first-order chi connectivity index (χ1) is 9.20. The highest BCUT2D eigenvalue weighted by atomic mass is 32.1. The summed E-state index contributed by atoms with van der Waals surface area (Å²) in [5, 5.41) is 4.37. The number of hydrogen-bond acceptors (Lipinski definition) is 4. The Morgan fingerprint density at radius 2 is 2.05 bits per heavy atom. The summed E-state index contributed by atoms with van der Waals surface area (Å²) in [6.45, 7) is 8.64. The van der Waals surface area contributed by atoms with E-state index in [0.29, 0.717) is 6.61 Å². The number of nitrogens with zero attached hydrogens (tertiary/aromatic N) is 1. The van der Waals surface area contributed by atoms with Crippen molar-refractivity contribution in [3.8, 4) is 5.75 Å². The summed E-state index contributed by atoms with van der Waals surface area (Å²) in [6, 6.07) is 8.06. The van der Waals surface area contributed by atoms with E-state index >= 15 is 0 Å². The summed E-state index contributed by atoms with van der Waals surface area (Å²) in [6.07, 6.45) is 0. The van der Waals surface area contributed by atoms with Crippen molar-refractivity contribution in [2.45, 2.75) is 33.9 Å². The second kappa shape index (κ2) is 6.68. The Morgan fingerprint density at radius 3 is 2.79 bits per heavy atom. The molecule has 0 aliphatic carbocycles. The average Bonchev–Trinajstić information content (AvgIpc) is 2.76. The van der Waals surface area contributed by atoms with Crippen molar-refractivity contribution in [1.29, 1.82) is 0 Å². The molecular weight excluding hydrogens is 256 g/mol. The van der Waals surface area contributed by atoms with E-state index in [1.54, 1.807) is 11.3 Å². The minimum absolute atomic E-state index is 0.544. The van der Waals surface area contributed by atoms with E-state index in [1.807, 2.05) is 18.2 Å². The SMILES string of the molecule is CCNCc1sc(COc2ccccc2C)nc1C. The van der Waals surface area contributed by atoms with E-state index < -0.39 is 0 Å². The zero-order chi connectivity index (χ0) is 13.7. The molecule has 0 fully saturated rings. The minimum atomic E-state index is 0.544. The maximum Gasteiger partial charge on any atom is 0.140 e. The van der Waals surface area contributed by atoms with Crippen LogP contribution in [-0.4, -0.2) is 11.5 Å². The molecule has 2 aromatic rings. The van der Waals surface area contributed by atoms with Gasteiger partial charge in [0, 0.05) is 11.4 Å². The number of ether oxygens (including phenoxy) is 1. The molecule has 0 saturated carbocycles. The standard InChI is InChI=1S/C15H20N2OS/c1-4-16-9-14-12(3)17-15(19-14)10-18-13-8-6-5-7-11(13)2/h5-8,16H,4,9-10H2,1-3H3. The van der Waals surface area contributed by atoms with Crippen molar-refractivity contribution >= 4 is 11.3 Å². The molecule has 0 saturated heterocycles. The predicted molar refractivity (Wildman–Crippen MR) is 79.7 cm³/mol. The van der Waals surface area contributed by atoms with Crippen molar-refractivity contribution in [2.75, 3.05) is 6.54 Å². The molecule has 1 aromatic heterocycles. The van der Waals surface area contributed by atoms with Crippen LogP contribution >= 0.6 is 11.3 Å². The lowest BCUT2D eigenvalue weighted by Gasteiger charge is -2.06. The monoisotopic (exact) mass is 276 g/mol. The van der Waals surface area contributed by atoms with Gasteiger partial charge in [-0.1, -0.05) is 25.1 Å². The Bertz CT molecular complexity index is 537. The Balaban J connectivity index is 1.98. The molecule has 0 aliphatic heterocycles. The lowest BCUT2D eigenvalue weighted by Crippen LogP contribution is -2.11. The number of hydrogen-bond donors (Lipinski definition) is 1. The summed E-state index contributed by atoms with van der Waals surface area (Å²) in [7, 11) is 0. The van der Waals surface area contributed by atoms with Crippen LogP contribution in [0.5, 0.6) is 5.75 Å². The van der Waals surface area contributed by atoms with Gasteiger partial charge in [-0.25, -0.2) is 4.98 Å². The van der Waals surface area contributed by atoms with Crippen LogP contribution in [-0.2, 0) is 13.2 Å². The molecule has 0 aliphatic rings.